The summed E-state index contributed by atoms with van der Waals surface area (Å²) in [6.07, 6.45) is -4.48. The lowest BCUT2D eigenvalue weighted by Gasteiger charge is -2.16. The van der Waals surface area contributed by atoms with Gasteiger partial charge < -0.3 is 10.4 Å². The van der Waals surface area contributed by atoms with Crippen molar-refractivity contribution >= 4 is 5.91 Å². The van der Waals surface area contributed by atoms with E-state index >= 15 is 0 Å². The summed E-state index contributed by atoms with van der Waals surface area (Å²) in [4.78, 5) is 12.0. The summed E-state index contributed by atoms with van der Waals surface area (Å²) in [7, 11) is 0. The van der Waals surface area contributed by atoms with Crippen molar-refractivity contribution in [2.75, 3.05) is 0 Å². The molecule has 2 aromatic carbocycles. The maximum absolute atomic E-state index is 13.9. The van der Waals surface area contributed by atoms with E-state index in [0.717, 1.165) is 17.7 Å². The third-order valence-electron chi connectivity index (χ3n) is 3.40. The molecule has 0 radical (unpaired) electrons. The number of alkyl halides is 3. The first-order valence-corrected chi connectivity index (χ1v) is 7.13. The largest absolute Gasteiger partial charge is 0.508 e. The number of carbonyl (C=O) groups is 1. The summed E-state index contributed by atoms with van der Waals surface area (Å²) >= 11 is 0. The van der Waals surface area contributed by atoms with Crippen LogP contribution in [0.4, 0.5) is 17.6 Å². The van der Waals surface area contributed by atoms with Gasteiger partial charge in [0.15, 0.2) is 0 Å². The van der Waals surface area contributed by atoms with Crippen LogP contribution in [-0.2, 0) is 12.6 Å². The number of nitrogens with one attached hydrogen (secondary N) is 1. The van der Waals surface area contributed by atoms with Crippen molar-refractivity contribution in [3.05, 3.63) is 65.0 Å². The van der Waals surface area contributed by atoms with E-state index in [1.165, 1.54) is 12.1 Å². The third-order valence-corrected chi connectivity index (χ3v) is 3.40. The topological polar surface area (TPSA) is 49.3 Å². The summed E-state index contributed by atoms with van der Waals surface area (Å²) in [6, 6.07) is 8.43. The summed E-state index contributed by atoms with van der Waals surface area (Å²) in [5.74, 6) is -2.40. The molecule has 0 bridgehead atoms. The summed E-state index contributed by atoms with van der Waals surface area (Å²) in [5, 5.41) is 11.7. The molecule has 1 amide bonds. The van der Waals surface area contributed by atoms with Crippen LogP contribution in [0.5, 0.6) is 5.75 Å². The molecule has 24 heavy (non-hydrogen) atoms. The Bertz CT molecular complexity index is 726. The lowest BCUT2D eigenvalue weighted by atomic mass is 10.1. The molecule has 2 rings (SSSR count). The molecule has 0 saturated carbocycles. The maximum Gasteiger partial charge on any atom is 0.419 e. The average molecular weight is 341 g/mol. The molecule has 1 unspecified atom stereocenters. The number of amides is 1. The zero-order valence-corrected chi connectivity index (χ0v) is 12.7. The molecule has 0 aliphatic heterocycles. The Balaban J connectivity index is 2.11. The first kappa shape index (κ1) is 17.8. The van der Waals surface area contributed by atoms with Gasteiger partial charge in [-0.2, -0.15) is 13.2 Å². The second-order valence-corrected chi connectivity index (χ2v) is 5.41. The van der Waals surface area contributed by atoms with Gasteiger partial charge in [-0.1, -0.05) is 18.2 Å². The van der Waals surface area contributed by atoms with E-state index < -0.39 is 35.1 Å². The minimum Gasteiger partial charge on any atom is -0.508 e. The minimum atomic E-state index is -4.86. The quantitative estimate of drug-likeness (QED) is 0.829. The van der Waals surface area contributed by atoms with Gasteiger partial charge in [0, 0.05) is 6.04 Å². The average Bonchev–Trinajstić information content (AvgIpc) is 2.48. The van der Waals surface area contributed by atoms with Crippen molar-refractivity contribution in [2.24, 2.45) is 0 Å². The van der Waals surface area contributed by atoms with E-state index in [2.05, 4.69) is 5.32 Å². The second-order valence-electron chi connectivity index (χ2n) is 5.41. The first-order chi connectivity index (χ1) is 11.2. The smallest absolute Gasteiger partial charge is 0.419 e. The molecule has 0 aromatic heterocycles. The van der Waals surface area contributed by atoms with E-state index in [-0.39, 0.29) is 5.75 Å². The molecule has 0 aliphatic rings. The lowest BCUT2D eigenvalue weighted by molar-refractivity contribution is -0.140. The fraction of sp³-hybridized carbons (Fsp3) is 0.235. The number of rotatable bonds is 4. The van der Waals surface area contributed by atoms with Crippen LogP contribution in [0.2, 0.25) is 0 Å². The van der Waals surface area contributed by atoms with Gasteiger partial charge in [-0.05, 0) is 43.2 Å². The molecule has 2 aromatic rings. The highest BCUT2D eigenvalue weighted by molar-refractivity contribution is 5.94. The van der Waals surface area contributed by atoms with Gasteiger partial charge in [-0.25, -0.2) is 4.39 Å². The predicted molar refractivity (Wildman–Crippen MR) is 80.1 cm³/mol. The van der Waals surface area contributed by atoms with Crippen molar-refractivity contribution in [3.63, 3.8) is 0 Å². The molecular formula is C17H15F4NO2. The first-order valence-electron chi connectivity index (χ1n) is 7.13. The highest BCUT2D eigenvalue weighted by Gasteiger charge is 2.35. The molecule has 1 atom stereocenters. The normalized spacial score (nSPS) is 12.7. The van der Waals surface area contributed by atoms with Crippen molar-refractivity contribution in [2.45, 2.75) is 25.6 Å². The van der Waals surface area contributed by atoms with Gasteiger partial charge in [0.25, 0.3) is 5.91 Å². The van der Waals surface area contributed by atoms with Gasteiger partial charge in [-0.3, -0.25) is 4.79 Å². The van der Waals surface area contributed by atoms with Crippen molar-refractivity contribution in [3.8, 4) is 5.75 Å². The predicted octanol–water partition coefficient (Wildman–Crippen LogP) is 3.91. The number of halogens is 4. The van der Waals surface area contributed by atoms with Crippen molar-refractivity contribution in [1.29, 1.82) is 0 Å². The van der Waals surface area contributed by atoms with E-state index in [0.29, 0.717) is 12.5 Å². The third kappa shape index (κ3) is 4.24. The Hall–Kier alpha value is -2.57. The molecule has 0 saturated heterocycles. The Morgan fingerprint density at radius 1 is 1.17 bits per heavy atom. The summed E-state index contributed by atoms with van der Waals surface area (Å²) < 4.78 is 52.0. The lowest BCUT2D eigenvalue weighted by Crippen LogP contribution is -2.35. The second kappa shape index (κ2) is 6.90. The van der Waals surface area contributed by atoms with Gasteiger partial charge in [0.2, 0.25) is 0 Å². The van der Waals surface area contributed by atoms with E-state index in [1.807, 2.05) is 0 Å². The molecule has 7 heteroatoms. The minimum absolute atomic E-state index is 0.0986. The summed E-state index contributed by atoms with van der Waals surface area (Å²) in [5.41, 5.74) is -1.31. The SMILES string of the molecule is CC(Cc1ccc(O)cc1)NC(=O)c1cccc(C(F)(F)F)c1F. The fourth-order valence-electron chi connectivity index (χ4n) is 2.26. The van der Waals surface area contributed by atoms with Crippen LogP contribution >= 0.6 is 0 Å². The van der Waals surface area contributed by atoms with E-state index in [1.54, 1.807) is 19.1 Å². The molecule has 0 fully saturated rings. The van der Waals surface area contributed by atoms with Crippen LogP contribution in [0.15, 0.2) is 42.5 Å². The number of phenols is 1. The standard InChI is InChI=1S/C17H15F4NO2/c1-10(9-11-5-7-12(23)8-6-11)22-16(24)13-3-2-4-14(15(13)18)17(19,20)21/h2-8,10,23H,9H2,1H3,(H,22,24). The number of benzene rings is 2. The van der Waals surface area contributed by atoms with Crippen molar-refractivity contribution < 1.29 is 27.5 Å². The molecule has 0 spiro atoms. The zero-order valence-electron chi connectivity index (χ0n) is 12.7. The van der Waals surface area contributed by atoms with Crippen LogP contribution in [0, 0.1) is 5.82 Å². The molecule has 3 nitrogen and oxygen atoms in total. The zero-order chi connectivity index (χ0) is 17.9. The van der Waals surface area contributed by atoms with Crippen LogP contribution in [-0.4, -0.2) is 17.1 Å². The molecule has 128 valence electrons. The Labute approximate surface area is 135 Å². The fourth-order valence-corrected chi connectivity index (χ4v) is 2.26. The van der Waals surface area contributed by atoms with Crippen LogP contribution in [0.1, 0.15) is 28.4 Å². The number of hydrogen-bond acceptors (Lipinski definition) is 2. The van der Waals surface area contributed by atoms with Gasteiger partial charge in [0.05, 0.1) is 11.1 Å². The van der Waals surface area contributed by atoms with Gasteiger partial charge in [0.1, 0.15) is 11.6 Å². The van der Waals surface area contributed by atoms with E-state index in [9.17, 15) is 27.5 Å². The number of hydrogen-bond donors (Lipinski definition) is 2. The van der Waals surface area contributed by atoms with Crippen LogP contribution in [0.3, 0.4) is 0 Å². The van der Waals surface area contributed by atoms with Gasteiger partial charge in [-0.15, -0.1) is 0 Å². The monoisotopic (exact) mass is 341 g/mol. The highest BCUT2D eigenvalue weighted by atomic mass is 19.4. The Kier molecular flexibility index (Phi) is 5.11. The van der Waals surface area contributed by atoms with Crippen molar-refractivity contribution in [1.82, 2.24) is 5.32 Å². The highest BCUT2D eigenvalue weighted by Crippen LogP contribution is 2.32. The molecule has 0 aliphatic carbocycles. The van der Waals surface area contributed by atoms with Crippen LogP contribution < -0.4 is 5.32 Å². The van der Waals surface area contributed by atoms with E-state index in [4.69, 9.17) is 0 Å². The van der Waals surface area contributed by atoms with Gasteiger partial charge >= 0.3 is 6.18 Å². The number of aromatic hydroxyl groups is 1. The number of phenolic OH excluding ortho intramolecular Hbond substituents is 1. The Morgan fingerprint density at radius 2 is 1.79 bits per heavy atom. The maximum atomic E-state index is 13.9. The molecule has 2 N–H and O–H groups in total. The Morgan fingerprint density at radius 3 is 2.38 bits per heavy atom. The number of carbonyl (C=O) groups excluding carboxylic acids is 1. The van der Waals surface area contributed by atoms with Crippen LogP contribution in [0.25, 0.3) is 0 Å². The molecular weight excluding hydrogens is 326 g/mol. The molecule has 0 heterocycles. The summed E-state index contributed by atoms with van der Waals surface area (Å²) in [6.45, 7) is 1.65.